The molecule has 0 radical (unpaired) electrons. The highest BCUT2D eigenvalue weighted by atomic mass is 16.6. The molecule has 0 N–H and O–H groups in total. The predicted molar refractivity (Wildman–Crippen MR) is 75.3 cm³/mol. The molecular formula is C16H26O4. The lowest BCUT2D eigenvalue weighted by atomic mass is 9.84. The van der Waals surface area contributed by atoms with Crippen molar-refractivity contribution < 1.29 is 19.1 Å². The maximum Gasteiger partial charge on any atom is 0.317 e. The van der Waals surface area contributed by atoms with E-state index in [1.54, 1.807) is 0 Å². The number of Topliss-reactive ketones (excluding diaryl/α,β-unsaturated/α-hetero) is 1. The fourth-order valence-corrected chi connectivity index (χ4v) is 3.20. The Bertz CT molecular complexity index is 357. The first-order chi connectivity index (χ1) is 9.38. The van der Waals surface area contributed by atoms with E-state index in [0.29, 0.717) is 6.61 Å². The number of hydrogen-bond acceptors (Lipinski definition) is 4. The zero-order valence-electron chi connectivity index (χ0n) is 12.8. The zero-order chi connectivity index (χ0) is 14.8. The molecule has 0 aromatic rings. The Balaban J connectivity index is 2.11. The third-order valence-electron chi connectivity index (χ3n) is 4.09. The van der Waals surface area contributed by atoms with Crippen molar-refractivity contribution in [3.63, 3.8) is 0 Å². The van der Waals surface area contributed by atoms with Crippen molar-refractivity contribution in [3.8, 4) is 0 Å². The molecule has 114 valence electrons. The molecule has 0 bridgehead atoms. The molecule has 2 rings (SSSR count). The van der Waals surface area contributed by atoms with Gasteiger partial charge >= 0.3 is 5.97 Å². The lowest BCUT2D eigenvalue weighted by Crippen LogP contribution is -2.40. The molecule has 4 heteroatoms. The van der Waals surface area contributed by atoms with Crippen LogP contribution in [0.3, 0.4) is 0 Å². The van der Waals surface area contributed by atoms with Crippen molar-refractivity contribution in [1.82, 2.24) is 0 Å². The molecule has 1 saturated heterocycles. The Kier molecular flexibility index (Phi) is 4.84. The zero-order valence-corrected chi connectivity index (χ0v) is 12.8. The number of esters is 1. The van der Waals surface area contributed by atoms with Gasteiger partial charge in [0.15, 0.2) is 5.78 Å². The molecule has 1 unspecified atom stereocenters. The molecule has 1 heterocycles. The van der Waals surface area contributed by atoms with E-state index in [2.05, 4.69) is 0 Å². The number of rotatable bonds is 4. The summed E-state index contributed by atoms with van der Waals surface area (Å²) in [6.07, 6.45) is 5.34. The van der Waals surface area contributed by atoms with Crippen molar-refractivity contribution in [1.29, 1.82) is 0 Å². The average molecular weight is 282 g/mol. The van der Waals surface area contributed by atoms with Gasteiger partial charge in [0.1, 0.15) is 17.6 Å². The van der Waals surface area contributed by atoms with Gasteiger partial charge in [0.2, 0.25) is 0 Å². The second kappa shape index (κ2) is 6.25. The van der Waals surface area contributed by atoms with E-state index >= 15 is 0 Å². The van der Waals surface area contributed by atoms with E-state index in [1.165, 1.54) is 0 Å². The summed E-state index contributed by atoms with van der Waals surface area (Å²) in [6.45, 7) is 6.15. The standard InChI is InChI=1S/C16H26O4/c1-16(2,3)20-15(18)13(11-7-4-5-8-11)14(17)12-9-6-10-19-12/h11-13H,4-10H2,1-3H3/t12-,13?/m0/s1. The first-order valence-corrected chi connectivity index (χ1v) is 7.76. The second-order valence-corrected chi connectivity index (χ2v) is 6.96. The molecular weight excluding hydrogens is 256 g/mol. The van der Waals surface area contributed by atoms with Gasteiger partial charge in [0.05, 0.1) is 0 Å². The highest BCUT2D eigenvalue weighted by Gasteiger charge is 2.42. The molecule has 2 aliphatic rings. The van der Waals surface area contributed by atoms with Crippen LogP contribution in [0.2, 0.25) is 0 Å². The van der Waals surface area contributed by atoms with Crippen molar-refractivity contribution >= 4 is 11.8 Å². The van der Waals surface area contributed by atoms with Gasteiger partial charge in [-0.15, -0.1) is 0 Å². The SMILES string of the molecule is CC(C)(C)OC(=O)C(C(=O)[C@@H]1CCCO1)C1CCCC1. The van der Waals surface area contributed by atoms with E-state index in [0.717, 1.165) is 38.5 Å². The van der Waals surface area contributed by atoms with Crippen LogP contribution >= 0.6 is 0 Å². The molecule has 2 atom stereocenters. The molecule has 1 saturated carbocycles. The summed E-state index contributed by atoms with van der Waals surface area (Å²) >= 11 is 0. The van der Waals surface area contributed by atoms with Crippen molar-refractivity contribution in [3.05, 3.63) is 0 Å². The van der Waals surface area contributed by atoms with Gasteiger partial charge < -0.3 is 9.47 Å². The van der Waals surface area contributed by atoms with Gasteiger partial charge in [-0.05, 0) is 52.4 Å². The molecule has 1 aliphatic carbocycles. The van der Waals surface area contributed by atoms with Crippen molar-refractivity contribution in [2.24, 2.45) is 11.8 Å². The molecule has 0 aromatic carbocycles. The number of ether oxygens (including phenoxy) is 2. The Morgan fingerprint density at radius 1 is 1.10 bits per heavy atom. The summed E-state index contributed by atoms with van der Waals surface area (Å²) < 4.78 is 11.0. The fourth-order valence-electron chi connectivity index (χ4n) is 3.20. The minimum absolute atomic E-state index is 0.0522. The second-order valence-electron chi connectivity index (χ2n) is 6.96. The van der Waals surface area contributed by atoms with Crippen LogP contribution in [0, 0.1) is 11.8 Å². The highest BCUT2D eigenvalue weighted by molar-refractivity contribution is 6.01. The first-order valence-electron chi connectivity index (χ1n) is 7.76. The number of ketones is 1. The molecule has 0 aromatic heterocycles. The lowest BCUT2D eigenvalue weighted by molar-refractivity contribution is -0.166. The lowest BCUT2D eigenvalue weighted by Gasteiger charge is -2.27. The third kappa shape index (κ3) is 3.81. The molecule has 20 heavy (non-hydrogen) atoms. The van der Waals surface area contributed by atoms with E-state index in [4.69, 9.17) is 9.47 Å². The minimum Gasteiger partial charge on any atom is -0.459 e. The predicted octanol–water partition coefficient (Wildman–Crippen LogP) is 2.88. The Labute approximate surface area is 121 Å². The van der Waals surface area contributed by atoms with Crippen molar-refractivity contribution in [2.75, 3.05) is 6.61 Å². The van der Waals surface area contributed by atoms with Crippen LogP contribution in [-0.4, -0.2) is 30.1 Å². The van der Waals surface area contributed by atoms with Gasteiger partial charge in [-0.3, -0.25) is 9.59 Å². The molecule has 2 fully saturated rings. The summed E-state index contributed by atoms with van der Waals surface area (Å²) in [4.78, 5) is 25.1. The quantitative estimate of drug-likeness (QED) is 0.587. The summed E-state index contributed by atoms with van der Waals surface area (Å²) in [7, 11) is 0. The van der Waals surface area contributed by atoms with Crippen LogP contribution in [-0.2, 0) is 19.1 Å². The van der Waals surface area contributed by atoms with Gasteiger partial charge in [-0.2, -0.15) is 0 Å². The van der Waals surface area contributed by atoms with Crippen LogP contribution in [0.25, 0.3) is 0 Å². The summed E-state index contributed by atoms with van der Waals surface area (Å²) in [5, 5.41) is 0. The third-order valence-corrected chi connectivity index (χ3v) is 4.09. The van der Waals surface area contributed by atoms with Crippen LogP contribution < -0.4 is 0 Å². The average Bonchev–Trinajstić information content (AvgIpc) is 2.99. The van der Waals surface area contributed by atoms with Crippen LogP contribution in [0.15, 0.2) is 0 Å². The summed E-state index contributed by atoms with van der Waals surface area (Å²) in [5.41, 5.74) is -0.551. The van der Waals surface area contributed by atoms with Gasteiger partial charge in [-0.25, -0.2) is 0 Å². The molecule has 4 nitrogen and oxygen atoms in total. The molecule has 0 amide bonds. The van der Waals surface area contributed by atoms with E-state index in [-0.39, 0.29) is 17.7 Å². The number of carbonyl (C=O) groups excluding carboxylic acids is 2. The fraction of sp³-hybridized carbons (Fsp3) is 0.875. The monoisotopic (exact) mass is 282 g/mol. The van der Waals surface area contributed by atoms with Crippen LogP contribution in [0.4, 0.5) is 0 Å². The van der Waals surface area contributed by atoms with Crippen LogP contribution in [0.1, 0.15) is 59.3 Å². The Morgan fingerprint density at radius 3 is 2.25 bits per heavy atom. The number of carbonyl (C=O) groups is 2. The largest absolute Gasteiger partial charge is 0.459 e. The van der Waals surface area contributed by atoms with Gasteiger partial charge in [0, 0.05) is 6.61 Å². The summed E-state index contributed by atoms with van der Waals surface area (Å²) in [6, 6.07) is 0. The van der Waals surface area contributed by atoms with Crippen LogP contribution in [0.5, 0.6) is 0 Å². The molecule has 0 spiro atoms. The maximum atomic E-state index is 12.6. The molecule has 1 aliphatic heterocycles. The Morgan fingerprint density at radius 2 is 1.75 bits per heavy atom. The van der Waals surface area contributed by atoms with E-state index in [9.17, 15) is 9.59 Å². The Hall–Kier alpha value is -0.900. The smallest absolute Gasteiger partial charge is 0.317 e. The normalized spacial score (nSPS) is 25.6. The van der Waals surface area contributed by atoms with E-state index in [1.807, 2.05) is 20.8 Å². The van der Waals surface area contributed by atoms with Gasteiger partial charge in [-0.1, -0.05) is 12.8 Å². The first kappa shape index (κ1) is 15.5. The topological polar surface area (TPSA) is 52.6 Å². The van der Waals surface area contributed by atoms with Gasteiger partial charge in [0.25, 0.3) is 0 Å². The maximum absolute atomic E-state index is 12.6. The summed E-state index contributed by atoms with van der Waals surface area (Å²) in [5.74, 6) is -0.894. The highest BCUT2D eigenvalue weighted by Crippen LogP contribution is 2.35. The number of hydrogen-bond donors (Lipinski definition) is 0. The van der Waals surface area contributed by atoms with E-state index < -0.39 is 17.6 Å². The minimum atomic E-state index is -0.625. The van der Waals surface area contributed by atoms with Crippen molar-refractivity contribution in [2.45, 2.75) is 71.0 Å².